The Morgan fingerprint density at radius 3 is 2.75 bits per heavy atom. The summed E-state index contributed by atoms with van der Waals surface area (Å²) in [5, 5.41) is 4.99. The van der Waals surface area contributed by atoms with Crippen molar-refractivity contribution in [2.75, 3.05) is 5.73 Å². The zero-order valence-corrected chi connectivity index (χ0v) is 10.1. The van der Waals surface area contributed by atoms with Gasteiger partial charge in [-0.25, -0.2) is 4.68 Å². The highest BCUT2D eigenvalue weighted by Crippen LogP contribution is 2.22. The number of nitrogens with two attached hydrogens (primary N) is 1. The number of benzene rings is 1. The zero-order valence-electron chi connectivity index (χ0n) is 9.37. The lowest BCUT2D eigenvalue weighted by molar-refractivity contribution is 0.890. The molecule has 0 aliphatic heterocycles. The molecule has 2 rings (SSSR count). The van der Waals surface area contributed by atoms with Gasteiger partial charge in [0.1, 0.15) is 5.82 Å². The Labute approximate surface area is 99.8 Å². The Bertz CT molecular complexity index is 517. The molecule has 84 valence electrons. The first kappa shape index (κ1) is 11.0. The molecule has 1 heterocycles. The minimum absolute atomic E-state index is 0.683. The number of nitrogens with zero attached hydrogens (tertiary/aromatic N) is 2. The summed E-state index contributed by atoms with van der Waals surface area (Å²) in [6, 6.07) is 5.80. The molecule has 1 aromatic heterocycles. The fourth-order valence-electron chi connectivity index (χ4n) is 1.58. The fourth-order valence-corrected chi connectivity index (χ4v) is 1.76. The molecule has 0 aliphatic carbocycles. The lowest BCUT2D eigenvalue weighted by Crippen LogP contribution is -2.03. The third-order valence-corrected chi connectivity index (χ3v) is 3.07. The smallest absolute Gasteiger partial charge is 0.130 e. The summed E-state index contributed by atoms with van der Waals surface area (Å²) in [5.74, 6) is 0.683. The van der Waals surface area contributed by atoms with Crippen molar-refractivity contribution in [2.24, 2.45) is 0 Å². The normalized spacial score (nSPS) is 10.7. The molecule has 0 saturated heterocycles. The topological polar surface area (TPSA) is 43.8 Å². The Morgan fingerprint density at radius 1 is 1.44 bits per heavy atom. The molecule has 0 saturated carbocycles. The van der Waals surface area contributed by atoms with Crippen LogP contribution in [0.4, 0.5) is 5.82 Å². The summed E-state index contributed by atoms with van der Waals surface area (Å²) in [5.41, 5.74) is 8.99. The highest BCUT2D eigenvalue weighted by molar-refractivity contribution is 6.31. The lowest BCUT2D eigenvalue weighted by atomic mass is 10.2. The average molecular weight is 236 g/mol. The molecule has 0 spiro atoms. The maximum absolute atomic E-state index is 6.07. The molecule has 2 N–H and O–H groups in total. The van der Waals surface area contributed by atoms with E-state index in [0.29, 0.717) is 5.82 Å². The average Bonchev–Trinajstić information content (AvgIpc) is 2.64. The van der Waals surface area contributed by atoms with Crippen LogP contribution in [0.2, 0.25) is 5.02 Å². The quantitative estimate of drug-likeness (QED) is 0.870. The number of hydrogen-bond donors (Lipinski definition) is 1. The number of nitrogen functional groups attached to an aromatic ring is 1. The van der Waals surface area contributed by atoms with Crippen LogP contribution in [0.15, 0.2) is 24.4 Å². The van der Waals surface area contributed by atoms with Crippen LogP contribution in [0.25, 0.3) is 5.69 Å². The standard InChI is InChI=1S/C12H14ClN3/c1-3-9-7-15-16(12(9)14)10-5-4-8(2)11(13)6-10/h4-7H,3,14H2,1-2H3. The van der Waals surface area contributed by atoms with Crippen molar-refractivity contribution in [3.8, 4) is 5.69 Å². The molecule has 1 aromatic carbocycles. The van der Waals surface area contributed by atoms with Gasteiger partial charge in [-0.05, 0) is 31.0 Å². The van der Waals surface area contributed by atoms with Crippen molar-refractivity contribution in [3.05, 3.63) is 40.5 Å². The van der Waals surface area contributed by atoms with E-state index in [1.54, 1.807) is 10.9 Å². The molecule has 0 bridgehead atoms. The summed E-state index contributed by atoms with van der Waals surface area (Å²) < 4.78 is 1.71. The molecular formula is C12H14ClN3. The minimum Gasteiger partial charge on any atom is -0.383 e. The minimum atomic E-state index is 0.683. The summed E-state index contributed by atoms with van der Waals surface area (Å²) in [4.78, 5) is 0. The Morgan fingerprint density at radius 2 is 2.19 bits per heavy atom. The largest absolute Gasteiger partial charge is 0.383 e. The third kappa shape index (κ3) is 1.78. The number of rotatable bonds is 2. The van der Waals surface area contributed by atoms with E-state index >= 15 is 0 Å². The third-order valence-electron chi connectivity index (χ3n) is 2.67. The Balaban J connectivity index is 2.50. The predicted octanol–water partition coefficient (Wildman–Crippen LogP) is 2.98. The molecule has 3 nitrogen and oxygen atoms in total. The van der Waals surface area contributed by atoms with Gasteiger partial charge in [0.2, 0.25) is 0 Å². The van der Waals surface area contributed by atoms with Gasteiger partial charge >= 0.3 is 0 Å². The highest BCUT2D eigenvalue weighted by Gasteiger charge is 2.08. The van der Waals surface area contributed by atoms with Gasteiger partial charge in [0.15, 0.2) is 0 Å². The van der Waals surface area contributed by atoms with E-state index < -0.39 is 0 Å². The number of aryl methyl sites for hydroxylation is 2. The monoisotopic (exact) mass is 235 g/mol. The van der Waals surface area contributed by atoms with Crippen molar-refractivity contribution in [1.29, 1.82) is 0 Å². The molecule has 0 fully saturated rings. The second kappa shape index (κ2) is 4.18. The van der Waals surface area contributed by atoms with Gasteiger partial charge in [-0.15, -0.1) is 0 Å². The van der Waals surface area contributed by atoms with Gasteiger partial charge in [0.25, 0.3) is 0 Å². The first-order chi connectivity index (χ1) is 7.63. The SMILES string of the molecule is CCc1cnn(-c2ccc(C)c(Cl)c2)c1N. The lowest BCUT2D eigenvalue weighted by Gasteiger charge is -2.06. The Kier molecular flexibility index (Phi) is 2.88. The van der Waals surface area contributed by atoms with Crippen LogP contribution in [0.1, 0.15) is 18.1 Å². The van der Waals surface area contributed by atoms with Gasteiger partial charge in [-0.3, -0.25) is 0 Å². The molecule has 2 aromatic rings. The van der Waals surface area contributed by atoms with Crippen LogP contribution in [0, 0.1) is 6.92 Å². The van der Waals surface area contributed by atoms with Crippen LogP contribution in [0.3, 0.4) is 0 Å². The molecular weight excluding hydrogens is 222 g/mol. The number of anilines is 1. The van der Waals surface area contributed by atoms with Crippen molar-refractivity contribution in [1.82, 2.24) is 9.78 Å². The second-order valence-electron chi connectivity index (χ2n) is 3.75. The van der Waals surface area contributed by atoms with Crippen molar-refractivity contribution >= 4 is 17.4 Å². The predicted molar refractivity (Wildman–Crippen MR) is 67.1 cm³/mol. The Hall–Kier alpha value is -1.48. The van der Waals surface area contributed by atoms with Crippen molar-refractivity contribution in [2.45, 2.75) is 20.3 Å². The highest BCUT2D eigenvalue weighted by atomic mass is 35.5. The van der Waals surface area contributed by atoms with E-state index in [1.165, 1.54) is 0 Å². The summed E-state index contributed by atoms with van der Waals surface area (Å²) in [7, 11) is 0. The fraction of sp³-hybridized carbons (Fsp3) is 0.250. The summed E-state index contributed by atoms with van der Waals surface area (Å²) in [6.45, 7) is 4.02. The summed E-state index contributed by atoms with van der Waals surface area (Å²) >= 11 is 6.07. The van der Waals surface area contributed by atoms with Crippen molar-refractivity contribution < 1.29 is 0 Å². The molecule has 16 heavy (non-hydrogen) atoms. The van der Waals surface area contributed by atoms with Crippen LogP contribution in [0.5, 0.6) is 0 Å². The van der Waals surface area contributed by atoms with E-state index in [0.717, 1.165) is 28.3 Å². The maximum Gasteiger partial charge on any atom is 0.130 e. The molecule has 0 amide bonds. The molecule has 0 unspecified atom stereocenters. The van der Waals surface area contributed by atoms with Crippen molar-refractivity contribution in [3.63, 3.8) is 0 Å². The van der Waals surface area contributed by atoms with E-state index in [4.69, 9.17) is 17.3 Å². The number of hydrogen-bond acceptors (Lipinski definition) is 2. The van der Waals surface area contributed by atoms with Crippen LogP contribution >= 0.6 is 11.6 Å². The van der Waals surface area contributed by atoms with Gasteiger partial charge in [0.05, 0.1) is 11.9 Å². The van der Waals surface area contributed by atoms with E-state index in [2.05, 4.69) is 12.0 Å². The van der Waals surface area contributed by atoms with Gasteiger partial charge in [-0.1, -0.05) is 24.6 Å². The van der Waals surface area contributed by atoms with Crippen LogP contribution in [-0.4, -0.2) is 9.78 Å². The van der Waals surface area contributed by atoms with Crippen LogP contribution < -0.4 is 5.73 Å². The van der Waals surface area contributed by atoms with Gasteiger partial charge in [0, 0.05) is 10.6 Å². The number of aromatic nitrogens is 2. The number of halogens is 1. The van der Waals surface area contributed by atoms with Crippen LogP contribution in [-0.2, 0) is 6.42 Å². The first-order valence-electron chi connectivity index (χ1n) is 5.22. The van der Waals surface area contributed by atoms with Gasteiger partial charge in [-0.2, -0.15) is 5.10 Å². The molecule has 0 radical (unpaired) electrons. The first-order valence-corrected chi connectivity index (χ1v) is 5.60. The maximum atomic E-state index is 6.07. The second-order valence-corrected chi connectivity index (χ2v) is 4.16. The summed E-state index contributed by atoms with van der Waals surface area (Å²) in [6.07, 6.45) is 2.68. The van der Waals surface area contributed by atoms with E-state index in [-0.39, 0.29) is 0 Å². The van der Waals surface area contributed by atoms with Gasteiger partial charge < -0.3 is 5.73 Å². The van der Waals surface area contributed by atoms with E-state index in [9.17, 15) is 0 Å². The molecule has 4 heteroatoms. The zero-order chi connectivity index (χ0) is 11.7. The molecule has 0 aliphatic rings. The van der Waals surface area contributed by atoms with E-state index in [1.807, 2.05) is 25.1 Å². The molecule has 0 atom stereocenters.